The molecular formula is C16H16N2O3. The molecule has 2 aromatic carbocycles. The molecule has 0 saturated heterocycles. The highest BCUT2D eigenvalue weighted by Crippen LogP contribution is 2.14. The van der Waals surface area contributed by atoms with Gasteiger partial charge in [-0.2, -0.15) is 0 Å². The molecule has 4 N–H and O–H groups in total. The van der Waals surface area contributed by atoms with Crippen LogP contribution in [0.15, 0.2) is 42.5 Å². The summed E-state index contributed by atoms with van der Waals surface area (Å²) in [5.41, 5.74) is 13.9. The zero-order chi connectivity index (χ0) is 15.4. The van der Waals surface area contributed by atoms with E-state index in [0.717, 1.165) is 5.56 Å². The molecule has 0 bridgehead atoms. The molecule has 5 heteroatoms. The number of amides is 1. The van der Waals surface area contributed by atoms with E-state index in [2.05, 4.69) is 0 Å². The van der Waals surface area contributed by atoms with Crippen molar-refractivity contribution in [1.29, 1.82) is 0 Å². The first-order chi connectivity index (χ1) is 9.97. The third-order valence-corrected chi connectivity index (χ3v) is 3.10. The van der Waals surface area contributed by atoms with Gasteiger partial charge in [0, 0.05) is 11.3 Å². The first kappa shape index (κ1) is 14.6. The number of hydrogen-bond donors (Lipinski definition) is 2. The van der Waals surface area contributed by atoms with Crippen LogP contribution < -0.4 is 11.5 Å². The van der Waals surface area contributed by atoms with Crippen LogP contribution in [-0.4, -0.2) is 11.9 Å². The van der Waals surface area contributed by atoms with Crippen molar-refractivity contribution in [2.45, 2.75) is 13.5 Å². The Labute approximate surface area is 122 Å². The van der Waals surface area contributed by atoms with Crippen molar-refractivity contribution in [2.24, 2.45) is 5.73 Å². The van der Waals surface area contributed by atoms with E-state index >= 15 is 0 Å². The van der Waals surface area contributed by atoms with Crippen molar-refractivity contribution >= 4 is 17.6 Å². The Bertz CT molecular complexity index is 696. The van der Waals surface area contributed by atoms with Crippen LogP contribution in [0.2, 0.25) is 0 Å². The molecule has 0 saturated carbocycles. The fourth-order valence-electron chi connectivity index (χ4n) is 1.81. The first-order valence-electron chi connectivity index (χ1n) is 6.39. The molecule has 0 spiro atoms. The molecule has 0 unspecified atom stereocenters. The monoisotopic (exact) mass is 284 g/mol. The Morgan fingerprint density at radius 2 is 1.86 bits per heavy atom. The Hall–Kier alpha value is -2.82. The minimum Gasteiger partial charge on any atom is -0.457 e. The number of nitrogens with two attached hydrogens (primary N) is 2. The minimum atomic E-state index is -0.519. The molecule has 0 aliphatic carbocycles. The van der Waals surface area contributed by atoms with Gasteiger partial charge in [0.05, 0.1) is 5.56 Å². The van der Waals surface area contributed by atoms with Crippen molar-refractivity contribution in [1.82, 2.24) is 0 Å². The normalized spacial score (nSPS) is 10.1. The van der Waals surface area contributed by atoms with Gasteiger partial charge in [-0.15, -0.1) is 0 Å². The molecule has 0 aromatic heterocycles. The van der Waals surface area contributed by atoms with Crippen LogP contribution in [0.25, 0.3) is 0 Å². The van der Waals surface area contributed by atoms with E-state index in [0.29, 0.717) is 22.4 Å². The number of hydrogen-bond acceptors (Lipinski definition) is 4. The summed E-state index contributed by atoms with van der Waals surface area (Å²) < 4.78 is 5.20. The molecule has 108 valence electrons. The van der Waals surface area contributed by atoms with Gasteiger partial charge in [-0.25, -0.2) is 4.79 Å². The zero-order valence-electron chi connectivity index (χ0n) is 11.6. The quantitative estimate of drug-likeness (QED) is 0.663. The Balaban J connectivity index is 2.05. The second-order valence-corrected chi connectivity index (χ2v) is 4.71. The second-order valence-electron chi connectivity index (χ2n) is 4.71. The summed E-state index contributed by atoms with van der Waals surface area (Å²) >= 11 is 0. The lowest BCUT2D eigenvalue weighted by Gasteiger charge is -2.07. The number of primary amides is 1. The fraction of sp³-hybridized carbons (Fsp3) is 0.125. The van der Waals surface area contributed by atoms with E-state index in [9.17, 15) is 9.59 Å². The van der Waals surface area contributed by atoms with Crippen LogP contribution in [-0.2, 0) is 11.3 Å². The third kappa shape index (κ3) is 3.60. The highest BCUT2D eigenvalue weighted by molar-refractivity contribution is 5.93. The summed E-state index contributed by atoms with van der Waals surface area (Å²) in [6.07, 6.45) is 0. The van der Waals surface area contributed by atoms with Crippen LogP contribution in [0.1, 0.15) is 31.8 Å². The van der Waals surface area contributed by atoms with Gasteiger partial charge in [0.2, 0.25) is 5.91 Å². The number of aryl methyl sites for hydroxylation is 1. The summed E-state index contributed by atoms with van der Waals surface area (Å²) in [5.74, 6) is -0.985. The molecule has 0 fully saturated rings. The van der Waals surface area contributed by atoms with E-state index < -0.39 is 11.9 Å². The number of rotatable bonds is 4. The number of esters is 1. The maximum absolute atomic E-state index is 11.9. The first-order valence-corrected chi connectivity index (χ1v) is 6.39. The number of carbonyl (C=O) groups excluding carboxylic acids is 2. The lowest BCUT2D eigenvalue weighted by Crippen LogP contribution is -2.11. The van der Waals surface area contributed by atoms with Gasteiger partial charge in [0.1, 0.15) is 6.61 Å². The van der Waals surface area contributed by atoms with Gasteiger partial charge in [-0.05, 0) is 42.3 Å². The topological polar surface area (TPSA) is 95.4 Å². The highest BCUT2D eigenvalue weighted by atomic mass is 16.5. The molecule has 0 heterocycles. The number of nitrogen functional groups attached to an aromatic ring is 1. The largest absolute Gasteiger partial charge is 0.457 e. The molecule has 1 amide bonds. The molecule has 2 rings (SSSR count). The molecule has 0 atom stereocenters. The molecule has 0 radical (unpaired) electrons. The zero-order valence-corrected chi connectivity index (χ0v) is 11.6. The Morgan fingerprint density at radius 3 is 2.52 bits per heavy atom. The van der Waals surface area contributed by atoms with Crippen LogP contribution in [0.4, 0.5) is 5.69 Å². The van der Waals surface area contributed by atoms with Crippen LogP contribution in [0.5, 0.6) is 0 Å². The van der Waals surface area contributed by atoms with Crippen molar-refractivity contribution < 1.29 is 14.3 Å². The average Bonchev–Trinajstić information content (AvgIpc) is 2.48. The summed E-state index contributed by atoms with van der Waals surface area (Å²) in [5, 5.41) is 0. The fourth-order valence-corrected chi connectivity index (χ4v) is 1.81. The van der Waals surface area contributed by atoms with Crippen molar-refractivity contribution in [3.05, 3.63) is 64.7 Å². The number of anilines is 1. The summed E-state index contributed by atoms with van der Waals surface area (Å²) in [6.45, 7) is 1.92. The van der Waals surface area contributed by atoms with Crippen molar-refractivity contribution in [3.8, 4) is 0 Å². The van der Waals surface area contributed by atoms with Gasteiger partial charge < -0.3 is 16.2 Å². The summed E-state index contributed by atoms with van der Waals surface area (Å²) in [6, 6.07) is 11.6. The number of benzene rings is 2. The minimum absolute atomic E-state index is 0.0632. The maximum atomic E-state index is 11.9. The predicted molar refractivity (Wildman–Crippen MR) is 79.7 cm³/mol. The average molecular weight is 284 g/mol. The molecule has 2 aromatic rings. The number of ether oxygens (including phenoxy) is 1. The number of carbonyl (C=O) groups is 2. The van der Waals surface area contributed by atoms with E-state index in [-0.39, 0.29) is 6.61 Å². The van der Waals surface area contributed by atoms with Gasteiger partial charge in [-0.1, -0.05) is 18.2 Å². The van der Waals surface area contributed by atoms with Crippen molar-refractivity contribution in [2.75, 3.05) is 5.73 Å². The predicted octanol–water partition coefficient (Wildman–Crippen LogP) is 2.03. The molecule has 5 nitrogen and oxygen atoms in total. The van der Waals surface area contributed by atoms with E-state index in [1.807, 2.05) is 6.92 Å². The highest BCUT2D eigenvalue weighted by Gasteiger charge is 2.09. The van der Waals surface area contributed by atoms with Gasteiger partial charge in [-0.3, -0.25) is 4.79 Å². The standard InChI is InChI=1S/C16H16N2O3/c1-10-5-6-13(8-14(10)17)16(20)21-9-11-3-2-4-12(7-11)15(18)19/h2-8H,9,17H2,1H3,(H2,18,19). The Kier molecular flexibility index (Phi) is 4.23. The lowest BCUT2D eigenvalue weighted by atomic mass is 10.1. The van der Waals surface area contributed by atoms with Gasteiger partial charge >= 0.3 is 5.97 Å². The third-order valence-electron chi connectivity index (χ3n) is 3.10. The van der Waals surface area contributed by atoms with Crippen LogP contribution >= 0.6 is 0 Å². The smallest absolute Gasteiger partial charge is 0.338 e. The lowest BCUT2D eigenvalue weighted by molar-refractivity contribution is 0.0473. The Morgan fingerprint density at radius 1 is 1.10 bits per heavy atom. The van der Waals surface area contributed by atoms with E-state index in [1.165, 1.54) is 0 Å². The SMILES string of the molecule is Cc1ccc(C(=O)OCc2cccc(C(N)=O)c2)cc1N. The molecule has 0 aliphatic heterocycles. The van der Waals surface area contributed by atoms with Gasteiger partial charge in [0.15, 0.2) is 0 Å². The van der Waals surface area contributed by atoms with Crippen LogP contribution in [0, 0.1) is 6.92 Å². The molecule has 0 aliphatic rings. The molecular weight excluding hydrogens is 268 g/mol. The van der Waals surface area contributed by atoms with E-state index in [4.69, 9.17) is 16.2 Å². The summed E-state index contributed by atoms with van der Waals surface area (Å²) in [7, 11) is 0. The van der Waals surface area contributed by atoms with Crippen molar-refractivity contribution in [3.63, 3.8) is 0 Å². The second kappa shape index (κ2) is 6.09. The van der Waals surface area contributed by atoms with Gasteiger partial charge in [0.25, 0.3) is 0 Å². The van der Waals surface area contributed by atoms with E-state index in [1.54, 1.807) is 42.5 Å². The van der Waals surface area contributed by atoms with Crippen LogP contribution in [0.3, 0.4) is 0 Å². The molecule has 21 heavy (non-hydrogen) atoms. The summed E-state index contributed by atoms with van der Waals surface area (Å²) in [4.78, 5) is 23.0. The maximum Gasteiger partial charge on any atom is 0.338 e.